The standard InChI is InChI=1S/C14H22N6/c1-4-10-8-20(11(5-2)6-15-10)14-12-7-18-19(3)13(12)16-9-17-14/h7,9-11,15H,4-6,8H2,1-3H3. The molecule has 0 spiro atoms. The van der Waals surface area contributed by atoms with Crippen molar-refractivity contribution < 1.29 is 0 Å². The summed E-state index contributed by atoms with van der Waals surface area (Å²) in [5.41, 5.74) is 0.899. The van der Waals surface area contributed by atoms with Gasteiger partial charge in [0.1, 0.15) is 12.1 Å². The predicted octanol–water partition coefficient (Wildman–Crippen LogP) is 1.33. The fourth-order valence-corrected chi connectivity index (χ4v) is 2.94. The Morgan fingerprint density at radius 3 is 2.90 bits per heavy atom. The van der Waals surface area contributed by atoms with Crippen LogP contribution >= 0.6 is 0 Å². The van der Waals surface area contributed by atoms with E-state index in [9.17, 15) is 0 Å². The molecule has 6 nitrogen and oxygen atoms in total. The van der Waals surface area contributed by atoms with Crippen LogP contribution in [0.4, 0.5) is 5.82 Å². The van der Waals surface area contributed by atoms with Crippen molar-refractivity contribution in [1.82, 2.24) is 25.1 Å². The zero-order chi connectivity index (χ0) is 14.1. The molecule has 0 bridgehead atoms. The smallest absolute Gasteiger partial charge is 0.163 e. The number of nitrogens with one attached hydrogen (secondary N) is 1. The maximum atomic E-state index is 4.54. The fourth-order valence-electron chi connectivity index (χ4n) is 2.94. The van der Waals surface area contributed by atoms with E-state index in [1.165, 1.54) is 0 Å². The van der Waals surface area contributed by atoms with Crippen molar-refractivity contribution in [3.8, 4) is 0 Å². The van der Waals surface area contributed by atoms with Crippen LogP contribution in [0.15, 0.2) is 12.5 Å². The van der Waals surface area contributed by atoms with Crippen LogP contribution in [0, 0.1) is 0 Å². The maximum absolute atomic E-state index is 4.54. The molecule has 2 unspecified atom stereocenters. The SMILES string of the molecule is CCC1CN(c2ncnc3c2cnn3C)C(CC)CN1. The van der Waals surface area contributed by atoms with Gasteiger partial charge >= 0.3 is 0 Å². The molecule has 1 saturated heterocycles. The summed E-state index contributed by atoms with van der Waals surface area (Å²) in [5.74, 6) is 1.02. The highest BCUT2D eigenvalue weighted by Gasteiger charge is 2.28. The van der Waals surface area contributed by atoms with Gasteiger partial charge in [0.25, 0.3) is 0 Å². The second-order valence-electron chi connectivity index (χ2n) is 5.43. The van der Waals surface area contributed by atoms with Gasteiger partial charge in [0.05, 0.1) is 11.6 Å². The largest absolute Gasteiger partial charge is 0.350 e. The van der Waals surface area contributed by atoms with Crippen molar-refractivity contribution in [2.45, 2.75) is 38.8 Å². The average molecular weight is 274 g/mol. The minimum absolute atomic E-state index is 0.483. The molecular formula is C14H22N6. The lowest BCUT2D eigenvalue weighted by atomic mass is 10.0. The van der Waals surface area contributed by atoms with Crippen LogP contribution in [0.2, 0.25) is 0 Å². The van der Waals surface area contributed by atoms with Crippen LogP contribution in [-0.4, -0.2) is 44.9 Å². The zero-order valence-corrected chi connectivity index (χ0v) is 12.4. The van der Waals surface area contributed by atoms with E-state index in [0.29, 0.717) is 12.1 Å². The molecule has 3 heterocycles. The average Bonchev–Trinajstić information content (AvgIpc) is 2.88. The normalized spacial score (nSPS) is 23.4. The van der Waals surface area contributed by atoms with Crippen LogP contribution < -0.4 is 10.2 Å². The van der Waals surface area contributed by atoms with Gasteiger partial charge in [-0.1, -0.05) is 13.8 Å². The highest BCUT2D eigenvalue weighted by Crippen LogP contribution is 2.26. The molecule has 3 rings (SSSR count). The Balaban J connectivity index is 2.02. The Morgan fingerprint density at radius 2 is 2.15 bits per heavy atom. The van der Waals surface area contributed by atoms with Crippen LogP contribution in [0.25, 0.3) is 11.0 Å². The summed E-state index contributed by atoms with van der Waals surface area (Å²) in [6.45, 7) is 6.46. The second kappa shape index (κ2) is 5.36. The molecule has 2 aromatic rings. The van der Waals surface area contributed by atoms with Gasteiger partial charge in [0.15, 0.2) is 5.65 Å². The Labute approximate surface area is 119 Å². The van der Waals surface area contributed by atoms with Crippen molar-refractivity contribution in [3.05, 3.63) is 12.5 Å². The van der Waals surface area contributed by atoms with E-state index in [4.69, 9.17) is 0 Å². The van der Waals surface area contributed by atoms with Gasteiger partial charge in [-0.15, -0.1) is 0 Å². The van der Waals surface area contributed by atoms with E-state index in [1.807, 2.05) is 13.2 Å². The lowest BCUT2D eigenvalue weighted by Crippen LogP contribution is -2.56. The zero-order valence-electron chi connectivity index (χ0n) is 12.4. The molecule has 1 aliphatic heterocycles. The van der Waals surface area contributed by atoms with Gasteiger partial charge in [-0.2, -0.15) is 5.10 Å². The van der Waals surface area contributed by atoms with Crippen molar-refractivity contribution in [2.75, 3.05) is 18.0 Å². The minimum atomic E-state index is 0.483. The van der Waals surface area contributed by atoms with Crippen molar-refractivity contribution in [3.63, 3.8) is 0 Å². The third-order valence-corrected chi connectivity index (χ3v) is 4.24. The van der Waals surface area contributed by atoms with E-state index in [-0.39, 0.29) is 0 Å². The molecule has 6 heteroatoms. The lowest BCUT2D eigenvalue weighted by molar-refractivity contribution is 0.377. The van der Waals surface area contributed by atoms with Crippen LogP contribution in [-0.2, 0) is 7.05 Å². The first-order valence-corrected chi connectivity index (χ1v) is 7.37. The molecule has 0 amide bonds. The number of piperazine rings is 1. The first-order chi connectivity index (χ1) is 9.74. The number of anilines is 1. The minimum Gasteiger partial charge on any atom is -0.350 e. The summed E-state index contributed by atoms with van der Waals surface area (Å²) in [6, 6.07) is 1.01. The molecule has 2 atom stereocenters. The van der Waals surface area contributed by atoms with E-state index < -0.39 is 0 Å². The first-order valence-electron chi connectivity index (χ1n) is 7.37. The maximum Gasteiger partial charge on any atom is 0.163 e. The number of nitrogens with zero attached hydrogens (tertiary/aromatic N) is 5. The number of fused-ring (bicyclic) bond motifs is 1. The Kier molecular flexibility index (Phi) is 3.56. The number of hydrogen-bond donors (Lipinski definition) is 1. The fraction of sp³-hybridized carbons (Fsp3) is 0.643. The molecule has 1 aliphatic rings. The van der Waals surface area contributed by atoms with Crippen molar-refractivity contribution in [1.29, 1.82) is 0 Å². The summed E-state index contributed by atoms with van der Waals surface area (Å²) >= 11 is 0. The molecule has 108 valence electrons. The summed E-state index contributed by atoms with van der Waals surface area (Å²) in [5, 5.41) is 8.98. The molecule has 0 radical (unpaired) electrons. The Bertz CT molecular complexity index is 592. The summed E-state index contributed by atoms with van der Waals surface area (Å²) in [7, 11) is 1.92. The molecule has 0 aromatic carbocycles. The predicted molar refractivity (Wildman–Crippen MR) is 79.8 cm³/mol. The number of aryl methyl sites for hydroxylation is 1. The van der Waals surface area contributed by atoms with E-state index in [1.54, 1.807) is 11.0 Å². The van der Waals surface area contributed by atoms with Crippen molar-refractivity contribution in [2.24, 2.45) is 7.05 Å². The van der Waals surface area contributed by atoms with Crippen LogP contribution in [0.5, 0.6) is 0 Å². The molecule has 20 heavy (non-hydrogen) atoms. The molecule has 0 aliphatic carbocycles. The van der Waals surface area contributed by atoms with E-state index in [2.05, 4.69) is 39.1 Å². The van der Waals surface area contributed by atoms with Gasteiger partial charge in [0, 0.05) is 32.2 Å². The van der Waals surface area contributed by atoms with Gasteiger partial charge in [-0.25, -0.2) is 9.97 Å². The van der Waals surface area contributed by atoms with E-state index in [0.717, 1.165) is 42.8 Å². The monoisotopic (exact) mass is 274 g/mol. The summed E-state index contributed by atoms with van der Waals surface area (Å²) < 4.78 is 1.81. The van der Waals surface area contributed by atoms with Crippen molar-refractivity contribution >= 4 is 16.9 Å². The Hall–Kier alpha value is -1.69. The third kappa shape index (κ3) is 2.14. The molecular weight excluding hydrogens is 252 g/mol. The van der Waals surface area contributed by atoms with Crippen LogP contribution in [0.1, 0.15) is 26.7 Å². The summed E-state index contributed by atoms with van der Waals surface area (Å²) in [4.78, 5) is 11.3. The third-order valence-electron chi connectivity index (χ3n) is 4.24. The van der Waals surface area contributed by atoms with Crippen LogP contribution in [0.3, 0.4) is 0 Å². The highest BCUT2D eigenvalue weighted by molar-refractivity contribution is 5.86. The molecule has 1 fully saturated rings. The highest BCUT2D eigenvalue weighted by atomic mass is 15.3. The molecule has 2 aromatic heterocycles. The van der Waals surface area contributed by atoms with Gasteiger partial charge in [0.2, 0.25) is 0 Å². The van der Waals surface area contributed by atoms with Gasteiger partial charge in [-0.3, -0.25) is 4.68 Å². The summed E-state index contributed by atoms with van der Waals surface area (Å²) in [6.07, 6.45) is 5.76. The van der Waals surface area contributed by atoms with E-state index >= 15 is 0 Å². The number of hydrogen-bond acceptors (Lipinski definition) is 5. The number of aromatic nitrogens is 4. The number of rotatable bonds is 3. The lowest BCUT2D eigenvalue weighted by Gasteiger charge is -2.40. The van der Waals surface area contributed by atoms with Gasteiger partial charge in [-0.05, 0) is 12.8 Å². The topological polar surface area (TPSA) is 58.9 Å². The Morgan fingerprint density at radius 1 is 1.30 bits per heavy atom. The quantitative estimate of drug-likeness (QED) is 0.915. The first kappa shape index (κ1) is 13.3. The molecule has 0 saturated carbocycles. The van der Waals surface area contributed by atoms with Gasteiger partial charge < -0.3 is 10.2 Å². The molecule has 1 N–H and O–H groups in total. The second-order valence-corrected chi connectivity index (χ2v) is 5.43.